The maximum absolute atomic E-state index is 12.9. The molecule has 0 radical (unpaired) electrons. The van der Waals surface area contributed by atoms with Crippen molar-refractivity contribution < 1.29 is 22.8 Å². The second-order valence-electron chi connectivity index (χ2n) is 6.52. The zero-order chi connectivity index (χ0) is 21.7. The normalized spacial score (nSPS) is 11.3. The number of amides is 1. The Balaban J connectivity index is 1.67. The molecule has 1 amide bonds. The van der Waals surface area contributed by atoms with E-state index in [-0.39, 0.29) is 29.6 Å². The van der Waals surface area contributed by atoms with Crippen LogP contribution in [0.5, 0.6) is 0 Å². The van der Waals surface area contributed by atoms with Crippen molar-refractivity contribution in [3.8, 4) is 11.4 Å². The van der Waals surface area contributed by atoms with Gasteiger partial charge >= 0.3 is 6.18 Å². The van der Waals surface area contributed by atoms with Crippen LogP contribution < -0.4 is 5.32 Å². The lowest BCUT2D eigenvalue weighted by Crippen LogP contribution is -2.14. The number of ketones is 1. The maximum Gasteiger partial charge on any atom is 0.416 e. The highest BCUT2D eigenvalue weighted by Crippen LogP contribution is 2.31. The molecule has 1 aromatic heterocycles. The number of aromatic nitrogens is 4. The second-order valence-corrected chi connectivity index (χ2v) is 6.52. The van der Waals surface area contributed by atoms with Crippen molar-refractivity contribution in [2.45, 2.75) is 32.5 Å². The topological polar surface area (TPSA) is 89.8 Å². The van der Waals surface area contributed by atoms with Gasteiger partial charge in [0.15, 0.2) is 5.78 Å². The number of carbonyl (C=O) groups excluding carboxylic acids is 2. The van der Waals surface area contributed by atoms with Gasteiger partial charge in [-0.15, -0.1) is 10.2 Å². The third-order valence-corrected chi connectivity index (χ3v) is 4.15. The van der Waals surface area contributed by atoms with Gasteiger partial charge < -0.3 is 5.32 Å². The lowest BCUT2D eigenvalue weighted by Gasteiger charge is -2.06. The largest absolute Gasteiger partial charge is 0.416 e. The molecule has 3 aromatic rings. The van der Waals surface area contributed by atoms with Crippen LogP contribution in [-0.2, 0) is 17.5 Å². The Bertz CT molecular complexity index is 1050. The van der Waals surface area contributed by atoms with Crippen LogP contribution in [0.15, 0.2) is 48.5 Å². The van der Waals surface area contributed by atoms with Crippen molar-refractivity contribution in [2.24, 2.45) is 0 Å². The lowest BCUT2D eigenvalue weighted by atomic mass is 10.1. The minimum atomic E-state index is -4.48. The number of benzene rings is 2. The highest BCUT2D eigenvalue weighted by molar-refractivity contribution is 5.97. The highest BCUT2D eigenvalue weighted by Gasteiger charge is 2.30. The summed E-state index contributed by atoms with van der Waals surface area (Å²) in [5.74, 6) is -0.428. The van der Waals surface area contributed by atoms with Crippen LogP contribution in [0.3, 0.4) is 0 Å². The van der Waals surface area contributed by atoms with Gasteiger partial charge in [-0.3, -0.25) is 9.59 Å². The number of rotatable bonds is 7. The van der Waals surface area contributed by atoms with Gasteiger partial charge in [0.1, 0.15) is 6.54 Å². The Hall–Kier alpha value is -3.56. The van der Waals surface area contributed by atoms with E-state index < -0.39 is 11.7 Å². The van der Waals surface area contributed by atoms with Gasteiger partial charge in [-0.05, 0) is 48.0 Å². The standard InChI is InChI=1S/C20H18F3N5O2/c1-2-4-18(30)24-16-9-7-13(8-10-16)17(29)12-28-26-19(25-27-28)14-5-3-6-15(11-14)20(21,22)23/h3,5-11H,2,4,12H2,1H3,(H,24,30). The summed E-state index contributed by atoms with van der Waals surface area (Å²) in [6, 6.07) is 10.9. The molecule has 30 heavy (non-hydrogen) atoms. The minimum absolute atomic E-state index is 0.0112. The van der Waals surface area contributed by atoms with Gasteiger partial charge in [0, 0.05) is 23.2 Å². The van der Waals surface area contributed by atoms with E-state index in [1.807, 2.05) is 6.92 Å². The summed E-state index contributed by atoms with van der Waals surface area (Å²) < 4.78 is 38.6. The summed E-state index contributed by atoms with van der Waals surface area (Å²) in [6.07, 6.45) is -3.34. The number of nitrogens with one attached hydrogen (secondary N) is 1. The number of halogens is 3. The molecule has 0 unspecified atom stereocenters. The summed E-state index contributed by atoms with van der Waals surface area (Å²) in [5, 5.41) is 14.2. The van der Waals surface area contributed by atoms with Crippen LogP contribution in [0, 0.1) is 0 Å². The first-order valence-electron chi connectivity index (χ1n) is 9.15. The van der Waals surface area contributed by atoms with E-state index in [1.165, 1.54) is 12.1 Å². The molecule has 156 valence electrons. The number of Topliss-reactive ketones (excluding diaryl/α,β-unsaturated/α-hetero) is 1. The Morgan fingerprint density at radius 2 is 1.83 bits per heavy atom. The van der Waals surface area contributed by atoms with E-state index in [9.17, 15) is 22.8 Å². The first-order valence-corrected chi connectivity index (χ1v) is 9.15. The minimum Gasteiger partial charge on any atom is -0.326 e. The van der Waals surface area contributed by atoms with Crippen molar-refractivity contribution >= 4 is 17.4 Å². The fourth-order valence-electron chi connectivity index (χ4n) is 2.67. The molecule has 0 aliphatic rings. The summed E-state index contributed by atoms with van der Waals surface area (Å²) in [7, 11) is 0. The molecule has 0 aliphatic heterocycles. The van der Waals surface area contributed by atoms with Crippen molar-refractivity contribution in [3.63, 3.8) is 0 Å². The molecule has 10 heteroatoms. The summed E-state index contributed by atoms with van der Waals surface area (Å²) >= 11 is 0. The van der Waals surface area contributed by atoms with E-state index in [2.05, 4.69) is 20.7 Å². The smallest absolute Gasteiger partial charge is 0.326 e. The monoisotopic (exact) mass is 417 g/mol. The summed E-state index contributed by atoms with van der Waals surface area (Å²) in [6.45, 7) is 1.67. The van der Waals surface area contributed by atoms with Gasteiger partial charge in [-0.1, -0.05) is 19.1 Å². The Kier molecular flexibility index (Phi) is 6.24. The molecular formula is C20H18F3N5O2. The van der Waals surface area contributed by atoms with E-state index >= 15 is 0 Å². The molecule has 3 rings (SSSR count). The average Bonchev–Trinajstić information content (AvgIpc) is 3.16. The average molecular weight is 417 g/mol. The highest BCUT2D eigenvalue weighted by atomic mass is 19.4. The fourth-order valence-corrected chi connectivity index (χ4v) is 2.67. The number of alkyl halides is 3. The third kappa shape index (κ3) is 5.28. The molecule has 0 spiro atoms. The third-order valence-electron chi connectivity index (χ3n) is 4.15. The molecule has 7 nitrogen and oxygen atoms in total. The fraction of sp³-hybridized carbons (Fsp3) is 0.250. The SMILES string of the molecule is CCCC(=O)Nc1ccc(C(=O)Cn2nnc(-c3cccc(C(F)(F)F)c3)n2)cc1. The molecule has 2 aromatic carbocycles. The van der Waals surface area contributed by atoms with Crippen LogP contribution in [0.2, 0.25) is 0 Å². The summed E-state index contributed by atoms with van der Waals surface area (Å²) in [4.78, 5) is 25.0. The van der Waals surface area contributed by atoms with Crippen LogP contribution in [-0.4, -0.2) is 31.9 Å². The molecular weight excluding hydrogens is 399 g/mol. The number of hydrogen-bond acceptors (Lipinski definition) is 5. The first-order chi connectivity index (χ1) is 14.3. The maximum atomic E-state index is 12.9. The van der Waals surface area contributed by atoms with Gasteiger partial charge in [-0.25, -0.2) is 0 Å². The van der Waals surface area contributed by atoms with Crippen molar-refractivity contribution in [1.82, 2.24) is 20.2 Å². The lowest BCUT2D eigenvalue weighted by molar-refractivity contribution is -0.137. The van der Waals surface area contributed by atoms with Crippen molar-refractivity contribution in [1.29, 1.82) is 0 Å². The number of anilines is 1. The molecule has 0 saturated carbocycles. The summed E-state index contributed by atoms with van der Waals surface area (Å²) in [5.41, 5.74) is 0.284. The number of carbonyl (C=O) groups is 2. The molecule has 0 saturated heterocycles. The van der Waals surface area contributed by atoms with Crippen molar-refractivity contribution in [2.75, 3.05) is 5.32 Å². The number of nitrogens with zero attached hydrogens (tertiary/aromatic N) is 4. The van der Waals surface area contributed by atoms with Gasteiger partial charge in [-0.2, -0.15) is 18.0 Å². The molecule has 0 bridgehead atoms. The zero-order valence-electron chi connectivity index (χ0n) is 16.0. The predicted octanol–water partition coefficient (Wildman–Crippen LogP) is 3.98. The van der Waals surface area contributed by atoms with Crippen LogP contribution >= 0.6 is 0 Å². The van der Waals surface area contributed by atoms with E-state index in [0.717, 1.165) is 23.4 Å². The molecule has 0 atom stereocenters. The van der Waals surface area contributed by atoms with E-state index in [0.29, 0.717) is 17.7 Å². The Labute approximate surface area is 169 Å². The number of hydrogen-bond donors (Lipinski definition) is 1. The van der Waals surface area contributed by atoms with Crippen molar-refractivity contribution in [3.05, 3.63) is 59.7 Å². The van der Waals surface area contributed by atoms with Crippen LogP contribution in [0.1, 0.15) is 35.7 Å². The van der Waals surface area contributed by atoms with E-state index in [1.54, 1.807) is 24.3 Å². The Morgan fingerprint density at radius 1 is 1.10 bits per heavy atom. The first kappa shape index (κ1) is 21.2. The molecule has 0 aliphatic carbocycles. The van der Waals surface area contributed by atoms with Crippen LogP contribution in [0.25, 0.3) is 11.4 Å². The quantitative estimate of drug-likeness (QED) is 0.588. The van der Waals surface area contributed by atoms with Gasteiger partial charge in [0.2, 0.25) is 11.7 Å². The van der Waals surface area contributed by atoms with Gasteiger partial charge in [0.05, 0.1) is 5.56 Å². The molecule has 0 fully saturated rings. The Morgan fingerprint density at radius 3 is 2.50 bits per heavy atom. The number of tetrazole rings is 1. The molecule has 1 heterocycles. The van der Waals surface area contributed by atoms with Crippen LogP contribution in [0.4, 0.5) is 18.9 Å². The van der Waals surface area contributed by atoms with Gasteiger partial charge in [0.25, 0.3) is 0 Å². The predicted molar refractivity (Wildman–Crippen MR) is 103 cm³/mol. The zero-order valence-corrected chi connectivity index (χ0v) is 16.0. The molecule has 1 N–H and O–H groups in total. The second kappa shape index (κ2) is 8.85. The van der Waals surface area contributed by atoms with E-state index in [4.69, 9.17) is 0 Å².